The van der Waals surface area contributed by atoms with Crippen LogP contribution in [0, 0.1) is 0 Å². The zero-order valence-corrected chi connectivity index (χ0v) is 10.3. The Morgan fingerprint density at radius 1 is 0.471 bits per heavy atom. The van der Waals surface area contributed by atoms with E-state index >= 15 is 0 Å². The van der Waals surface area contributed by atoms with E-state index in [4.69, 9.17) is 43.4 Å². The molecular formula is C8H30N4O5. The maximum absolute atomic E-state index is 7.75. The lowest BCUT2D eigenvalue weighted by molar-refractivity contribution is 0.306. The number of hydrogen-bond donors (Lipinski definition) is 8. The minimum absolute atomic E-state index is 0. The zero-order valence-electron chi connectivity index (χ0n) is 10.3. The zero-order chi connectivity index (χ0) is 13.7. The monoisotopic (exact) mass is 262 g/mol. The van der Waals surface area contributed by atoms with Crippen molar-refractivity contribution < 1.29 is 25.9 Å². The van der Waals surface area contributed by atoms with Crippen LogP contribution >= 0.6 is 0 Å². The molecule has 0 amide bonds. The fourth-order valence-corrected chi connectivity index (χ4v) is 0. The number of aliphatic hydroxyl groups is 4. The van der Waals surface area contributed by atoms with Gasteiger partial charge >= 0.3 is 0 Å². The Morgan fingerprint density at radius 3 is 0.529 bits per heavy atom. The summed E-state index contributed by atoms with van der Waals surface area (Å²) in [7, 11) is 0. The predicted molar refractivity (Wildman–Crippen MR) is 68.2 cm³/mol. The predicted octanol–water partition coefficient (Wildman–Crippen LogP) is -5.08. The van der Waals surface area contributed by atoms with Gasteiger partial charge in [0.1, 0.15) is 0 Å². The fraction of sp³-hybridized carbons (Fsp3) is 1.00. The molecule has 14 N–H and O–H groups in total. The summed E-state index contributed by atoms with van der Waals surface area (Å²) >= 11 is 0. The van der Waals surface area contributed by atoms with Gasteiger partial charge < -0.3 is 48.8 Å². The molecule has 9 heteroatoms. The van der Waals surface area contributed by atoms with Crippen LogP contribution in [0.1, 0.15) is 0 Å². The highest BCUT2D eigenvalue weighted by molar-refractivity contribution is 4.18. The van der Waals surface area contributed by atoms with Crippen LogP contribution in [0.5, 0.6) is 0 Å². The van der Waals surface area contributed by atoms with Crippen molar-refractivity contribution in [2.24, 2.45) is 22.9 Å². The summed E-state index contributed by atoms with van der Waals surface area (Å²) in [4.78, 5) is 0. The standard InChI is InChI=1S/4C2H7NO.H2O/c4*3-1-2-4;/h4*4H,1-3H2;1H2. The van der Waals surface area contributed by atoms with Gasteiger partial charge in [-0.15, -0.1) is 0 Å². The Morgan fingerprint density at radius 2 is 0.529 bits per heavy atom. The van der Waals surface area contributed by atoms with E-state index in [-0.39, 0.29) is 31.9 Å². The smallest absolute Gasteiger partial charge is 0.0553 e. The number of rotatable bonds is 4. The molecule has 0 spiro atoms. The molecule has 0 radical (unpaired) electrons. The van der Waals surface area contributed by atoms with Gasteiger partial charge in [0.25, 0.3) is 0 Å². The highest BCUT2D eigenvalue weighted by Crippen LogP contribution is 1.34. The molecule has 112 valence electrons. The van der Waals surface area contributed by atoms with Gasteiger partial charge in [0, 0.05) is 26.2 Å². The Balaban J connectivity index is -0.0000000369. The van der Waals surface area contributed by atoms with Gasteiger partial charge in [-0.05, 0) is 0 Å². The van der Waals surface area contributed by atoms with Crippen molar-refractivity contribution in [1.82, 2.24) is 0 Å². The molecule has 0 aliphatic heterocycles. The van der Waals surface area contributed by atoms with Crippen LogP contribution in [-0.2, 0) is 0 Å². The third-order valence-electron chi connectivity index (χ3n) is 0.516. The van der Waals surface area contributed by atoms with Crippen LogP contribution in [0.2, 0.25) is 0 Å². The molecule has 0 bridgehead atoms. The first-order valence-corrected chi connectivity index (χ1v) is 4.90. The molecule has 0 aromatic rings. The van der Waals surface area contributed by atoms with E-state index in [2.05, 4.69) is 0 Å². The Kier molecular flexibility index (Phi) is 101. The van der Waals surface area contributed by atoms with Crippen LogP contribution in [-0.4, -0.2) is 78.5 Å². The topological polar surface area (TPSA) is 216 Å². The number of hydrogen-bond acceptors (Lipinski definition) is 8. The molecule has 0 aromatic heterocycles. The van der Waals surface area contributed by atoms with E-state index in [1.807, 2.05) is 0 Å². The molecule has 0 fully saturated rings. The molecule has 0 aliphatic rings. The van der Waals surface area contributed by atoms with Crippen LogP contribution in [0.3, 0.4) is 0 Å². The highest BCUT2D eigenvalue weighted by Gasteiger charge is 1.57. The van der Waals surface area contributed by atoms with Crippen molar-refractivity contribution in [3.8, 4) is 0 Å². The van der Waals surface area contributed by atoms with E-state index < -0.39 is 0 Å². The maximum atomic E-state index is 7.75. The third-order valence-corrected chi connectivity index (χ3v) is 0.516. The molecule has 0 aliphatic carbocycles. The van der Waals surface area contributed by atoms with Crippen LogP contribution in [0.25, 0.3) is 0 Å². The van der Waals surface area contributed by atoms with Gasteiger partial charge in [-0.25, -0.2) is 0 Å². The first kappa shape index (κ1) is 30.0. The van der Waals surface area contributed by atoms with Gasteiger partial charge in [0.2, 0.25) is 0 Å². The van der Waals surface area contributed by atoms with Gasteiger partial charge in [-0.2, -0.15) is 0 Å². The largest absolute Gasteiger partial charge is 0.412 e. The van der Waals surface area contributed by atoms with E-state index in [0.717, 1.165) is 0 Å². The quantitative estimate of drug-likeness (QED) is 0.244. The third kappa shape index (κ3) is 220. The van der Waals surface area contributed by atoms with E-state index in [1.165, 1.54) is 0 Å². The Hall–Kier alpha value is -0.360. The maximum Gasteiger partial charge on any atom is 0.0553 e. The lowest BCUT2D eigenvalue weighted by Crippen LogP contribution is -2.02. The van der Waals surface area contributed by atoms with Crippen molar-refractivity contribution in [2.75, 3.05) is 52.6 Å². The van der Waals surface area contributed by atoms with Gasteiger partial charge in [-0.1, -0.05) is 0 Å². The van der Waals surface area contributed by atoms with Gasteiger partial charge in [0.15, 0.2) is 0 Å². The molecule has 0 rings (SSSR count). The molecule has 0 saturated heterocycles. The first-order chi connectivity index (χ1) is 7.66. The SMILES string of the molecule is NCCO.NCCO.NCCO.NCCO.O. The second kappa shape index (κ2) is 57.4. The minimum Gasteiger partial charge on any atom is -0.412 e. The van der Waals surface area contributed by atoms with E-state index in [0.29, 0.717) is 26.2 Å². The second-order valence-electron chi connectivity index (χ2n) is 2.05. The summed E-state index contributed by atoms with van der Waals surface area (Å²) in [5, 5.41) is 31.0. The summed E-state index contributed by atoms with van der Waals surface area (Å²) in [6, 6.07) is 0. The molecule has 0 atom stereocenters. The summed E-state index contributed by atoms with van der Waals surface area (Å²) in [6.07, 6.45) is 0. The lowest BCUT2D eigenvalue weighted by Gasteiger charge is -1.71. The summed E-state index contributed by atoms with van der Waals surface area (Å²) < 4.78 is 0. The van der Waals surface area contributed by atoms with Crippen molar-refractivity contribution >= 4 is 0 Å². The van der Waals surface area contributed by atoms with Crippen LogP contribution < -0.4 is 22.9 Å². The molecule has 17 heavy (non-hydrogen) atoms. The average molecular weight is 262 g/mol. The molecule has 0 saturated carbocycles. The minimum atomic E-state index is 0. The van der Waals surface area contributed by atoms with Gasteiger partial charge in [0.05, 0.1) is 26.4 Å². The number of nitrogens with two attached hydrogens (primary N) is 4. The average Bonchev–Trinajstić information content (AvgIpc) is 2.39. The van der Waals surface area contributed by atoms with Crippen molar-refractivity contribution in [3.05, 3.63) is 0 Å². The molecule has 0 aromatic carbocycles. The number of aliphatic hydroxyl groups excluding tert-OH is 4. The van der Waals surface area contributed by atoms with Crippen molar-refractivity contribution in [1.29, 1.82) is 0 Å². The van der Waals surface area contributed by atoms with Crippen molar-refractivity contribution in [3.63, 3.8) is 0 Å². The molecule has 9 nitrogen and oxygen atoms in total. The second-order valence-corrected chi connectivity index (χ2v) is 2.05. The van der Waals surface area contributed by atoms with Crippen LogP contribution in [0.15, 0.2) is 0 Å². The lowest BCUT2D eigenvalue weighted by atomic mass is 10.8. The molecular weight excluding hydrogens is 232 g/mol. The van der Waals surface area contributed by atoms with E-state index in [9.17, 15) is 0 Å². The highest BCUT2D eigenvalue weighted by atomic mass is 16.3. The van der Waals surface area contributed by atoms with Gasteiger partial charge in [-0.3, -0.25) is 0 Å². The van der Waals surface area contributed by atoms with E-state index in [1.54, 1.807) is 0 Å². The summed E-state index contributed by atoms with van der Waals surface area (Å²) in [5.41, 5.74) is 19.1. The molecule has 0 unspecified atom stereocenters. The summed E-state index contributed by atoms with van der Waals surface area (Å²) in [5.74, 6) is 0. The van der Waals surface area contributed by atoms with Crippen molar-refractivity contribution in [2.45, 2.75) is 0 Å². The first-order valence-electron chi connectivity index (χ1n) is 4.90. The summed E-state index contributed by atoms with van der Waals surface area (Å²) in [6.45, 7) is 1.89. The van der Waals surface area contributed by atoms with Crippen LogP contribution in [0.4, 0.5) is 0 Å². The Bertz CT molecular complexity index is 49.9. The fourth-order valence-electron chi connectivity index (χ4n) is 0. The molecule has 0 heterocycles. The normalized spacial score (nSPS) is 7.06. The Labute approximate surface area is 102 Å².